The predicted molar refractivity (Wildman–Crippen MR) is 244 cm³/mol. The van der Waals surface area contributed by atoms with Crippen LogP contribution < -0.4 is 0 Å². The van der Waals surface area contributed by atoms with Crippen LogP contribution in [-0.4, -0.2) is 9.14 Å². The van der Waals surface area contributed by atoms with Gasteiger partial charge in [-0.1, -0.05) is 152 Å². The monoisotopic (exact) mass is 952 g/mol. The Kier molecular flexibility index (Phi) is 9.17. The molecule has 0 spiro atoms. The second-order valence-electron chi connectivity index (χ2n) is 14.3. The number of halogens is 6. The van der Waals surface area contributed by atoms with Gasteiger partial charge < -0.3 is 0 Å². The molecule has 3 aliphatic rings. The fourth-order valence-corrected chi connectivity index (χ4v) is 9.57. The maximum atomic E-state index is 5.06. The first-order valence-electron chi connectivity index (χ1n) is 18.2. The van der Waals surface area contributed by atoms with E-state index in [1.54, 1.807) is 0 Å². The Balaban J connectivity index is 0.000000538. The summed E-state index contributed by atoms with van der Waals surface area (Å²) in [6, 6.07) is 74.5. The molecule has 0 amide bonds. The first kappa shape index (κ1) is 38.0. The molecule has 0 unspecified atom stereocenters. The van der Waals surface area contributed by atoms with Gasteiger partial charge in [-0.15, -0.1) is 0 Å². The van der Waals surface area contributed by atoms with Crippen LogP contribution in [0.2, 0.25) is 0 Å². The maximum absolute atomic E-state index is 5.42. The normalized spacial score (nSPS) is 20.6. The Morgan fingerprint density at radius 1 is 0.339 bits per heavy atom. The van der Waals surface area contributed by atoms with Crippen LogP contribution >= 0.6 is 53.0 Å². The minimum Gasteiger partial charge on any atom is -0.0622 e. The zero-order valence-corrected chi connectivity index (χ0v) is 36.9. The molecule has 3 aliphatic carbocycles. The average Bonchev–Trinajstić information content (AvgIpc) is 3.43. The second-order valence-corrected chi connectivity index (χ2v) is 71.2. The van der Waals surface area contributed by atoms with Crippen molar-refractivity contribution in [1.82, 2.24) is 0 Å². The molecule has 0 aromatic heterocycles. The van der Waals surface area contributed by atoms with Crippen LogP contribution in [0.5, 0.6) is 0 Å². The van der Waals surface area contributed by atoms with E-state index in [1.807, 2.05) is 0 Å². The van der Waals surface area contributed by atoms with E-state index < -0.39 is 20.0 Å². The molecule has 56 heavy (non-hydrogen) atoms. The molecule has 276 valence electrons. The molecule has 0 radical (unpaired) electrons. The van der Waals surface area contributed by atoms with Gasteiger partial charge in [-0.05, 0) is 75.9 Å². The van der Waals surface area contributed by atoms with Crippen molar-refractivity contribution in [3.8, 4) is 11.1 Å². The Labute approximate surface area is 348 Å². The van der Waals surface area contributed by atoms with Crippen molar-refractivity contribution in [1.29, 1.82) is 0 Å². The van der Waals surface area contributed by atoms with E-state index in [4.69, 9.17) is 53.0 Å². The third-order valence-electron chi connectivity index (χ3n) is 11.1. The van der Waals surface area contributed by atoms with Gasteiger partial charge in [0.25, 0.3) is 0 Å². The van der Waals surface area contributed by atoms with E-state index in [9.17, 15) is 0 Å². The average molecular weight is 956 g/mol. The van der Waals surface area contributed by atoms with Gasteiger partial charge in [-0.25, -0.2) is 0 Å². The molecule has 0 saturated heterocycles. The van der Waals surface area contributed by atoms with Crippen molar-refractivity contribution in [3.63, 3.8) is 0 Å². The number of allylic oxidation sites excluding steroid dienone is 4. The first-order chi connectivity index (χ1) is 26.8. The van der Waals surface area contributed by atoms with Gasteiger partial charge in [0.2, 0.25) is 0 Å². The van der Waals surface area contributed by atoms with Crippen molar-refractivity contribution in [2.45, 2.75) is 10.8 Å². The topological polar surface area (TPSA) is 0 Å². The smallest absolute Gasteiger partial charge is 0.0622 e. The molecule has 0 saturated carbocycles. The molecule has 7 heteroatoms. The number of fused-ring (bicyclic) bond motifs is 8. The Bertz CT molecular complexity index is 2650. The van der Waals surface area contributed by atoms with E-state index in [-0.39, 0.29) is 0 Å². The van der Waals surface area contributed by atoms with Crippen molar-refractivity contribution in [2.24, 2.45) is 0 Å². The van der Waals surface area contributed by atoms with Gasteiger partial charge in [-0.2, -0.15) is 0 Å². The zero-order chi connectivity index (χ0) is 38.8. The van der Waals surface area contributed by atoms with Crippen molar-refractivity contribution < 1.29 is 0 Å². The molecule has 2 atom stereocenters. The van der Waals surface area contributed by atoms with E-state index in [0.717, 1.165) is 0 Å². The molecule has 0 nitrogen and oxygen atoms in total. The number of benzene rings is 7. The second kappa shape index (κ2) is 13.5. The summed E-state index contributed by atoms with van der Waals surface area (Å²) >= 11 is 0. The Morgan fingerprint density at radius 2 is 0.696 bits per heavy atom. The summed E-state index contributed by atoms with van der Waals surface area (Å²) in [5, 5.41) is 0. The zero-order valence-electron chi connectivity index (χ0n) is 29.8. The van der Waals surface area contributed by atoms with Crippen LogP contribution in [0.15, 0.2) is 200 Å². The molecule has 0 fully saturated rings. The Morgan fingerprint density at radius 3 is 1.20 bits per heavy atom. The van der Waals surface area contributed by atoms with E-state index in [2.05, 4.69) is 200 Å². The van der Waals surface area contributed by atoms with Crippen LogP contribution in [0.4, 0.5) is 0 Å². The van der Waals surface area contributed by atoms with Crippen molar-refractivity contribution >= 4 is 84.4 Å². The van der Waals surface area contributed by atoms with E-state index in [0.29, 0.717) is 0 Å². The van der Waals surface area contributed by atoms with Gasteiger partial charge in [0.15, 0.2) is 0 Å². The summed E-state index contributed by atoms with van der Waals surface area (Å²) in [5.41, 5.74) is 16.0. The molecule has 0 bridgehead atoms. The number of rotatable bonds is 5. The summed E-state index contributed by atoms with van der Waals surface area (Å²) in [6.45, 7) is 0. The van der Waals surface area contributed by atoms with Crippen LogP contribution in [0.25, 0.3) is 33.4 Å². The minimum atomic E-state index is -5.42. The van der Waals surface area contributed by atoms with Crippen molar-refractivity contribution in [2.75, 3.05) is 0 Å². The fraction of sp³-hybridized carbons (Fsp3) is 0.0408. The Hall–Kier alpha value is -3.55. The predicted octanol–water partition coefficient (Wildman–Crippen LogP) is 15.5. The molecule has 10 rings (SSSR count). The summed E-state index contributed by atoms with van der Waals surface area (Å²) in [6.07, 6.45) is 0. The van der Waals surface area contributed by atoms with Crippen LogP contribution in [0, 0.1) is 5.92 Å². The molecule has 7 aromatic rings. The van der Waals surface area contributed by atoms with Crippen molar-refractivity contribution in [3.05, 3.63) is 245 Å². The van der Waals surface area contributed by atoms with E-state index in [1.165, 1.54) is 78.3 Å². The van der Waals surface area contributed by atoms with E-state index >= 15 is 0 Å². The van der Waals surface area contributed by atoms with Gasteiger partial charge in [-0.3, -0.25) is 0 Å². The van der Waals surface area contributed by atoms with Gasteiger partial charge in [0.05, 0.1) is 39.2 Å². The number of hydrogen-bond donors (Lipinski definition) is 0. The molecule has 0 aliphatic heterocycles. The summed E-state index contributed by atoms with van der Waals surface area (Å²) in [7, 11) is 25.0. The van der Waals surface area contributed by atoms with Crippen LogP contribution in [0.1, 0.15) is 38.9 Å². The summed E-state index contributed by atoms with van der Waals surface area (Å²) < 4.78 is 0. The molecule has 0 heterocycles. The van der Waals surface area contributed by atoms with Crippen LogP contribution in [0.3, 0.4) is 0 Å². The van der Waals surface area contributed by atoms with Gasteiger partial charge >= 0.3 is 62.1 Å². The standard InChI is InChI=1S/C49H33.6ClH.Sb/c1-6-20-34(21-7-1)44-43-41-32-18-16-30-39(41)40-31-17-19-33-42(40)47(43)49(38-28-14-5-15-29-38)46(36-24-10-3-11-25-36)45(35-22-8-2-9-23-35)48(44,49)37-26-12-4-13-27-37;;;;;;;/h1-33H;6*1H;/q+1;;;;;;;+5/p-6/t48-,49-;;;;;;;/m0......./s1. The van der Waals surface area contributed by atoms with Crippen LogP contribution in [-0.2, 0) is 10.8 Å². The van der Waals surface area contributed by atoms with Gasteiger partial charge in [0.1, 0.15) is 5.41 Å². The minimum absolute atomic E-state index is 0.549. The molecular weight excluding hydrogens is 923 g/mol. The quantitative estimate of drug-likeness (QED) is 0.119. The molecule has 7 aromatic carbocycles. The summed E-state index contributed by atoms with van der Waals surface area (Å²) in [5.74, 6) is 1.40. The largest absolute Gasteiger partial charge is 0.101 e. The first-order valence-corrected chi connectivity index (χ1v) is 37.6. The fourth-order valence-electron chi connectivity index (χ4n) is 9.57. The number of hydrogen-bond acceptors (Lipinski definition) is 0. The van der Waals surface area contributed by atoms with Gasteiger partial charge in [0, 0.05) is 17.2 Å². The molecular formula is C49H33Cl6Sb. The third-order valence-corrected chi connectivity index (χ3v) is 11.1. The SMILES string of the molecule is [Cl][Sb-]([Cl])([Cl])([Cl])([Cl])[Cl].c1ccc(C2=C3c4ccccc4-c4ccccc4[C+]3[C@]3(c4ccccc4)C(c4ccccc4)=C(c4ccccc4)[C@]23c2ccccc2)cc1. The maximum Gasteiger partial charge on any atom is 0.101 e. The summed E-state index contributed by atoms with van der Waals surface area (Å²) in [4.78, 5) is 0. The third kappa shape index (κ3) is 6.34. The molecule has 0 N–H and O–H groups in total.